The van der Waals surface area contributed by atoms with E-state index >= 15 is 0 Å². The number of benzene rings is 3. The monoisotopic (exact) mass is 1210 g/mol. The molecule has 4 atom stereocenters. The third-order valence-corrected chi connectivity index (χ3v) is 17.6. The second kappa shape index (κ2) is 27.8. The maximum absolute atomic E-state index is 14.1. The standard InChI is InChI=1S/C58H73FN10O12S2Si/c1-10-83(76,77)67-44-21-17-40(27-46(44)81-36(3)38-15-19-42(59)20-16-38)50-49(53(60)72)54(69(66-50)34-79-25-26-84(7,8)9)64-47-22-18-41(30-61-47)57(75)80-24-23-78-32-48(71)65-52(58(4,5)6)56(74)68-31-43(70)28-45(68)55(73)62-29-37-11-13-39(14-12-37)51-35(2)63-33-82-51/h11-22,27,30,33,36,43,45,52,67,70H,10,23-26,28-29,31-32,34H2,1-9H3,(H2,60,72)(H,61,64)(H,62,73)(H,65,71)/t36-,43+,45-,52+/m0/s1. The van der Waals surface area contributed by atoms with Gasteiger partial charge in [-0.1, -0.05) is 82.9 Å². The molecule has 0 saturated carbocycles. The SMILES string of the molecule is CCS(=O)(=O)Nc1ccc(-c2nn(COCC[Si](C)(C)C)c(Nc3ccc(C(=O)OCCOCC(=O)N[C@H](C(=O)N4C[C@H](O)C[C@H]4C(=O)NCc4ccc(-c5scnc5C)cc4)C(C)(C)C)cn3)c2C(N)=O)cc1O[C@@H](C)c1ccc(F)cc1. The summed E-state index contributed by atoms with van der Waals surface area (Å²) in [5.41, 5.74) is 11.0. The van der Waals surface area contributed by atoms with Crippen LogP contribution in [0.15, 0.2) is 90.6 Å². The molecule has 450 valence electrons. The van der Waals surface area contributed by atoms with Crippen molar-refractivity contribution in [2.75, 3.05) is 48.8 Å². The number of hydrogen-bond donors (Lipinski definition) is 6. The molecule has 0 spiro atoms. The summed E-state index contributed by atoms with van der Waals surface area (Å²) < 4.78 is 66.6. The number of carbonyl (C=O) groups excluding carboxylic acids is 5. The lowest BCUT2D eigenvalue weighted by atomic mass is 9.85. The molecule has 3 aromatic carbocycles. The number of aryl methyl sites for hydroxylation is 1. The Kier molecular flexibility index (Phi) is 21.2. The molecular formula is C58H73FN10O12S2Si. The number of hydrogen-bond acceptors (Lipinski definition) is 17. The second-order valence-electron chi connectivity index (χ2n) is 22.5. The minimum Gasteiger partial charge on any atom is -0.484 e. The molecular weight excluding hydrogens is 1140 g/mol. The number of ether oxygens (including phenoxy) is 4. The highest BCUT2D eigenvalue weighted by atomic mass is 32.2. The van der Waals surface area contributed by atoms with Gasteiger partial charge in [-0.25, -0.2) is 32.3 Å². The zero-order valence-corrected chi connectivity index (χ0v) is 51.1. The molecule has 3 aromatic heterocycles. The van der Waals surface area contributed by atoms with Gasteiger partial charge in [0, 0.05) is 46.0 Å². The molecule has 0 aliphatic carbocycles. The van der Waals surface area contributed by atoms with E-state index in [1.165, 1.54) is 59.1 Å². The third-order valence-electron chi connectivity index (χ3n) is 13.6. The first-order valence-corrected chi connectivity index (χ1v) is 33.5. The Morgan fingerprint density at radius 3 is 2.29 bits per heavy atom. The van der Waals surface area contributed by atoms with Crippen LogP contribution < -0.4 is 31.1 Å². The molecule has 0 bridgehead atoms. The van der Waals surface area contributed by atoms with Crippen LogP contribution in [-0.2, 0) is 51.9 Å². The van der Waals surface area contributed by atoms with Crippen LogP contribution in [-0.4, -0.2) is 133 Å². The van der Waals surface area contributed by atoms with Crippen LogP contribution in [0.2, 0.25) is 25.7 Å². The Labute approximate surface area is 493 Å². The van der Waals surface area contributed by atoms with Gasteiger partial charge in [-0.05, 0) is 85.3 Å². The topological polar surface area (TPSA) is 298 Å². The highest BCUT2D eigenvalue weighted by molar-refractivity contribution is 7.92. The van der Waals surface area contributed by atoms with E-state index in [9.17, 15) is 41.9 Å². The van der Waals surface area contributed by atoms with Crippen molar-refractivity contribution in [3.8, 4) is 27.4 Å². The van der Waals surface area contributed by atoms with Crippen LogP contribution in [0.4, 0.5) is 21.7 Å². The van der Waals surface area contributed by atoms with Crippen molar-refractivity contribution in [2.45, 2.75) is 111 Å². The molecule has 22 nitrogen and oxygen atoms in total. The first-order valence-electron chi connectivity index (χ1n) is 27.3. The van der Waals surface area contributed by atoms with Crippen LogP contribution >= 0.6 is 11.3 Å². The lowest BCUT2D eigenvalue weighted by Crippen LogP contribution is -2.58. The summed E-state index contributed by atoms with van der Waals surface area (Å²) in [6.45, 7) is 16.5. The first kappa shape index (κ1) is 63.9. The smallest absolute Gasteiger partial charge is 0.339 e. The Balaban J connectivity index is 0.966. The van der Waals surface area contributed by atoms with Crippen molar-refractivity contribution in [1.29, 1.82) is 0 Å². The number of esters is 1. The Morgan fingerprint density at radius 1 is 0.940 bits per heavy atom. The van der Waals surface area contributed by atoms with Crippen LogP contribution in [0.3, 0.4) is 0 Å². The van der Waals surface area contributed by atoms with Crippen molar-refractivity contribution in [3.63, 3.8) is 0 Å². The third kappa shape index (κ3) is 17.2. The summed E-state index contributed by atoms with van der Waals surface area (Å²) in [6.07, 6.45) is -0.353. The molecule has 1 aliphatic heterocycles. The number of pyridine rings is 1. The van der Waals surface area contributed by atoms with Gasteiger partial charge in [0.2, 0.25) is 27.7 Å². The van der Waals surface area contributed by atoms with Crippen molar-refractivity contribution < 1.29 is 60.8 Å². The van der Waals surface area contributed by atoms with E-state index in [-0.39, 0.29) is 85.1 Å². The number of sulfonamides is 1. The summed E-state index contributed by atoms with van der Waals surface area (Å²) in [5.74, 6) is -3.55. The number of likely N-dealkylation sites (tertiary alicyclic amines) is 1. The van der Waals surface area contributed by atoms with Crippen molar-refractivity contribution in [2.24, 2.45) is 11.1 Å². The van der Waals surface area contributed by atoms with Crippen LogP contribution in [0.5, 0.6) is 5.75 Å². The highest BCUT2D eigenvalue weighted by Crippen LogP contribution is 2.38. The molecule has 84 heavy (non-hydrogen) atoms. The number of nitrogens with two attached hydrogens (primary N) is 1. The normalized spacial score (nSPS) is 15.2. The van der Waals surface area contributed by atoms with Crippen molar-refractivity contribution in [1.82, 2.24) is 35.3 Å². The van der Waals surface area contributed by atoms with Crippen LogP contribution in [0.25, 0.3) is 21.7 Å². The average Bonchev–Trinajstić information content (AvgIpc) is 2.91. The van der Waals surface area contributed by atoms with Crippen LogP contribution in [0, 0.1) is 18.2 Å². The fraction of sp³-hybridized carbons (Fsp3) is 0.414. The predicted molar refractivity (Wildman–Crippen MR) is 319 cm³/mol. The number of anilines is 3. The molecule has 0 radical (unpaired) electrons. The molecule has 7 rings (SSSR count). The van der Waals surface area contributed by atoms with Gasteiger partial charge < -0.3 is 50.6 Å². The number of rotatable bonds is 27. The number of amides is 4. The molecule has 4 amide bonds. The molecule has 7 N–H and O–H groups in total. The molecule has 1 saturated heterocycles. The number of halogens is 1. The van der Waals surface area contributed by atoms with Crippen LogP contribution in [0.1, 0.15) is 84.7 Å². The number of carbonyl (C=O) groups is 5. The van der Waals surface area contributed by atoms with Gasteiger partial charge in [0.25, 0.3) is 5.91 Å². The fourth-order valence-corrected chi connectivity index (χ4v) is 11.1. The van der Waals surface area contributed by atoms with Gasteiger partial charge in [0.1, 0.15) is 72.6 Å². The number of nitrogens with one attached hydrogen (secondary N) is 4. The van der Waals surface area contributed by atoms with Gasteiger partial charge in [0.05, 0.1) is 45.8 Å². The summed E-state index contributed by atoms with van der Waals surface area (Å²) >= 11 is 1.54. The lowest BCUT2D eigenvalue weighted by molar-refractivity contribution is -0.144. The predicted octanol–water partition coefficient (Wildman–Crippen LogP) is 7.56. The largest absolute Gasteiger partial charge is 0.484 e. The quantitative estimate of drug-likeness (QED) is 0.0165. The van der Waals surface area contributed by atoms with E-state index in [0.29, 0.717) is 17.7 Å². The second-order valence-corrected chi connectivity index (χ2v) is 31.0. The highest BCUT2D eigenvalue weighted by Gasteiger charge is 2.44. The van der Waals surface area contributed by atoms with E-state index in [2.05, 4.69) is 50.3 Å². The van der Waals surface area contributed by atoms with Gasteiger partial charge in [0.15, 0.2) is 0 Å². The number of aliphatic hydroxyl groups excluding tert-OH is 1. The fourth-order valence-electron chi connectivity index (χ4n) is 8.86. The number of nitrogens with zero attached hydrogens (tertiary/aromatic N) is 5. The Bertz CT molecular complexity index is 3410. The number of aromatic nitrogens is 4. The molecule has 0 unspecified atom stereocenters. The number of β-amino-alcohol motifs (C(OH)–C–C–N with tert-alkyl or cyclic N) is 1. The molecule has 4 heterocycles. The minimum absolute atomic E-state index is 0.0281. The van der Waals surface area contributed by atoms with Crippen molar-refractivity contribution in [3.05, 3.63) is 124 Å². The average molecular weight is 1210 g/mol. The lowest BCUT2D eigenvalue weighted by Gasteiger charge is -2.35. The van der Waals surface area contributed by atoms with E-state index < -0.39 is 89.8 Å². The zero-order valence-electron chi connectivity index (χ0n) is 48.5. The minimum atomic E-state index is -3.78. The number of thiazole rings is 1. The first-order chi connectivity index (χ1) is 39.7. The van der Waals surface area contributed by atoms with E-state index in [0.717, 1.165) is 27.7 Å². The maximum Gasteiger partial charge on any atom is 0.339 e. The van der Waals surface area contributed by atoms with E-state index in [1.807, 2.05) is 31.2 Å². The van der Waals surface area contributed by atoms with E-state index in [1.54, 1.807) is 62.7 Å². The zero-order chi connectivity index (χ0) is 61.1. The maximum atomic E-state index is 14.1. The summed E-state index contributed by atoms with van der Waals surface area (Å²) in [7, 11) is -5.30. The molecule has 1 aliphatic rings. The van der Waals surface area contributed by atoms with Gasteiger partial charge in [-0.2, -0.15) is 5.10 Å². The Hall–Kier alpha value is -7.62. The summed E-state index contributed by atoms with van der Waals surface area (Å²) in [5, 5.41) is 24.1. The number of aliphatic hydroxyl groups is 1. The summed E-state index contributed by atoms with van der Waals surface area (Å²) in [6, 6.07) is 19.6. The molecule has 6 aromatic rings. The number of primary amides is 1. The van der Waals surface area contributed by atoms with E-state index in [4.69, 9.17) is 29.8 Å². The Morgan fingerprint density at radius 2 is 1.65 bits per heavy atom. The summed E-state index contributed by atoms with van der Waals surface area (Å²) in [4.78, 5) is 78.6. The van der Waals surface area contributed by atoms with Crippen molar-refractivity contribution >= 4 is 76.4 Å². The molecule has 1 fully saturated rings. The van der Waals surface area contributed by atoms with Gasteiger partial charge in [-0.3, -0.25) is 23.9 Å². The van der Waals surface area contributed by atoms with Gasteiger partial charge in [-0.15, -0.1) is 11.3 Å². The molecule has 26 heteroatoms. The van der Waals surface area contributed by atoms with Gasteiger partial charge >= 0.3 is 5.97 Å².